The van der Waals surface area contributed by atoms with Gasteiger partial charge >= 0.3 is 0 Å². The van der Waals surface area contributed by atoms with Gasteiger partial charge in [-0.15, -0.1) is 0 Å². The first-order chi connectivity index (χ1) is 6.11. The number of piperidine rings is 1. The van der Waals surface area contributed by atoms with Gasteiger partial charge in [0, 0.05) is 13.1 Å². The Labute approximate surface area is 81.7 Å². The van der Waals surface area contributed by atoms with Gasteiger partial charge in [-0.25, -0.2) is 0 Å². The van der Waals surface area contributed by atoms with E-state index in [1.807, 2.05) is 0 Å². The molecule has 78 valence electrons. The molecule has 1 rings (SSSR count). The summed E-state index contributed by atoms with van der Waals surface area (Å²) in [6.07, 6.45) is 3.29. The topological polar surface area (TPSA) is 32.3 Å². The highest BCUT2D eigenvalue weighted by Gasteiger charge is 2.40. The van der Waals surface area contributed by atoms with Crippen molar-refractivity contribution in [1.82, 2.24) is 5.32 Å². The molecule has 0 aromatic carbocycles. The third kappa shape index (κ3) is 2.23. The van der Waals surface area contributed by atoms with E-state index in [1.54, 1.807) is 0 Å². The van der Waals surface area contributed by atoms with E-state index >= 15 is 0 Å². The molecule has 2 atom stereocenters. The minimum Gasteiger partial charge on any atom is -0.389 e. The third-order valence-electron chi connectivity index (χ3n) is 3.54. The zero-order valence-corrected chi connectivity index (χ0v) is 9.14. The Morgan fingerprint density at radius 2 is 1.85 bits per heavy atom. The number of aliphatic hydroxyl groups is 1. The molecule has 0 aromatic rings. The van der Waals surface area contributed by atoms with Gasteiger partial charge in [-0.1, -0.05) is 33.6 Å². The smallest absolute Gasteiger partial charge is 0.0722 e. The van der Waals surface area contributed by atoms with Crippen molar-refractivity contribution < 1.29 is 5.11 Å². The second-order valence-electron chi connectivity index (χ2n) is 4.56. The van der Waals surface area contributed by atoms with E-state index in [9.17, 15) is 5.11 Å². The molecule has 0 radical (unpaired) electrons. The van der Waals surface area contributed by atoms with Gasteiger partial charge < -0.3 is 10.4 Å². The maximum atomic E-state index is 10.5. The van der Waals surface area contributed by atoms with E-state index in [-0.39, 0.29) is 0 Å². The van der Waals surface area contributed by atoms with Crippen LogP contribution in [-0.4, -0.2) is 23.8 Å². The summed E-state index contributed by atoms with van der Waals surface area (Å²) in [5, 5.41) is 13.9. The van der Waals surface area contributed by atoms with Crippen LogP contribution in [0.15, 0.2) is 0 Å². The highest BCUT2D eigenvalue weighted by atomic mass is 16.3. The molecule has 0 spiro atoms. The van der Waals surface area contributed by atoms with E-state index in [1.165, 1.54) is 6.42 Å². The second kappa shape index (κ2) is 4.43. The summed E-state index contributed by atoms with van der Waals surface area (Å²) in [5.41, 5.74) is -0.415. The van der Waals surface area contributed by atoms with Gasteiger partial charge in [0.15, 0.2) is 0 Å². The number of nitrogens with one attached hydrogen (secondary N) is 1. The van der Waals surface area contributed by atoms with Crippen molar-refractivity contribution in [3.63, 3.8) is 0 Å². The lowest BCUT2D eigenvalue weighted by atomic mass is 9.73. The lowest BCUT2D eigenvalue weighted by Gasteiger charge is -2.44. The van der Waals surface area contributed by atoms with E-state index in [0.29, 0.717) is 11.8 Å². The molecule has 0 aliphatic carbocycles. The minimum atomic E-state index is -0.415. The first kappa shape index (κ1) is 11.0. The minimum absolute atomic E-state index is 0.391. The van der Waals surface area contributed by atoms with Crippen LogP contribution in [0.5, 0.6) is 0 Å². The number of hydrogen-bond donors (Lipinski definition) is 2. The molecule has 2 nitrogen and oxygen atoms in total. The highest BCUT2D eigenvalue weighted by molar-refractivity contribution is 4.94. The van der Waals surface area contributed by atoms with Gasteiger partial charge in [-0.3, -0.25) is 0 Å². The van der Waals surface area contributed by atoms with E-state index in [4.69, 9.17) is 0 Å². The van der Waals surface area contributed by atoms with Crippen LogP contribution in [0, 0.1) is 11.8 Å². The Morgan fingerprint density at radius 1 is 1.31 bits per heavy atom. The van der Waals surface area contributed by atoms with Gasteiger partial charge in [0.25, 0.3) is 0 Å². The van der Waals surface area contributed by atoms with Crippen LogP contribution >= 0.6 is 0 Å². The Morgan fingerprint density at radius 3 is 2.31 bits per heavy atom. The molecule has 1 fully saturated rings. The van der Waals surface area contributed by atoms with E-state index < -0.39 is 5.60 Å². The molecule has 0 saturated carbocycles. The average molecular weight is 185 g/mol. The molecule has 2 unspecified atom stereocenters. The fourth-order valence-corrected chi connectivity index (χ4v) is 2.31. The molecular formula is C11H23NO. The predicted molar refractivity (Wildman–Crippen MR) is 55.7 cm³/mol. The third-order valence-corrected chi connectivity index (χ3v) is 3.54. The molecule has 0 bridgehead atoms. The fourth-order valence-electron chi connectivity index (χ4n) is 2.31. The van der Waals surface area contributed by atoms with Gasteiger partial charge in [-0.05, 0) is 18.3 Å². The number of unbranched alkanes of at least 4 members (excludes halogenated alkanes) is 1. The van der Waals surface area contributed by atoms with Crippen LogP contribution in [0.1, 0.15) is 40.0 Å². The second-order valence-corrected chi connectivity index (χ2v) is 4.56. The van der Waals surface area contributed by atoms with Crippen LogP contribution in [0.2, 0.25) is 0 Å². The highest BCUT2D eigenvalue weighted by Crippen LogP contribution is 2.33. The Kier molecular flexibility index (Phi) is 3.74. The average Bonchev–Trinajstić information content (AvgIpc) is 2.11. The van der Waals surface area contributed by atoms with Crippen molar-refractivity contribution >= 4 is 0 Å². The fraction of sp³-hybridized carbons (Fsp3) is 1.00. The van der Waals surface area contributed by atoms with Crippen LogP contribution in [0.25, 0.3) is 0 Å². The van der Waals surface area contributed by atoms with Crippen LogP contribution in [0.3, 0.4) is 0 Å². The van der Waals surface area contributed by atoms with E-state index in [2.05, 4.69) is 26.1 Å². The first-order valence-corrected chi connectivity index (χ1v) is 5.54. The summed E-state index contributed by atoms with van der Waals surface area (Å²) in [6.45, 7) is 8.41. The summed E-state index contributed by atoms with van der Waals surface area (Å²) in [5.74, 6) is 0.783. The molecule has 2 heteroatoms. The summed E-state index contributed by atoms with van der Waals surface area (Å²) in [7, 11) is 0. The van der Waals surface area contributed by atoms with Gasteiger partial charge in [-0.2, -0.15) is 0 Å². The van der Waals surface area contributed by atoms with Crippen LogP contribution in [-0.2, 0) is 0 Å². The normalized spacial score (nSPS) is 40.6. The molecule has 0 amide bonds. The standard InChI is InChI=1S/C11H23NO/c1-4-5-6-11(13)9(2)7-12-8-10(11)3/h9-10,12-13H,4-8H2,1-3H3. The lowest BCUT2D eigenvalue weighted by molar-refractivity contribution is -0.0813. The monoisotopic (exact) mass is 185 g/mol. The molecule has 0 aromatic heterocycles. The zero-order valence-electron chi connectivity index (χ0n) is 9.14. The van der Waals surface area contributed by atoms with Crippen molar-refractivity contribution in [2.45, 2.75) is 45.6 Å². The zero-order chi connectivity index (χ0) is 9.90. The Bertz CT molecular complexity index is 148. The van der Waals surface area contributed by atoms with Crippen molar-refractivity contribution in [2.24, 2.45) is 11.8 Å². The van der Waals surface area contributed by atoms with Crippen molar-refractivity contribution in [3.8, 4) is 0 Å². The van der Waals surface area contributed by atoms with Crippen molar-refractivity contribution in [1.29, 1.82) is 0 Å². The lowest BCUT2D eigenvalue weighted by Crippen LogP contribution is -2.54. The number of rotatable bonds is 3. The van der Waals surface area contributed by atoms with Crippen molar-refractivity contribution in [2.75, 3.05) is 13.1 Å². The van der Waals surface area contributed by atoms with Gasteiger partial charge in [0.05, 0.1) is 5.60 Å². The Balaban J connectivity index is 2.58. The van der Waals surface area contributed by atoms with Gasteiger partial charge in [0.1, 0.15) is 0 Å². The quantitative estimate of drug-likeness (QED) is 0.702. The van der Waals surface area contributed by atoms with Crippen molar-refractivity contribution in [3.05, 3.63) is 0 Å². The maximum Gasteiger partial charge on any atom is 0.0722 e. The van der Waals surface area contributed by atoms with Crippen LogP contribution in [0.4, 0.5) is 0 Å². The van der Waals surface area contributed by atoms with Crippen LogP contribution < -0.4 is 5.32 Å². The molecule has 1 saturated heterocycles. The Hall–Kier alpha value is -0.0800. The van der Waals surface area contributed by atoms with Gasteiger partial charge in [0.2, 0.25) is 0 Å². The molecule has 1 heterocycles. The first-order valence-electron chi connectivity index (χ1n) is 5.54. The summed E-state index contributed by atoms with van der Waals surface area (Å²) in [6, 6.07) is 0. The molecular weight excluding hydrogens is 162 g/mol. The summed E-state index contributed by atoms with van der Waals surface area (Å²) in [4.78, 5) is 0. The molecule has 2 N–H and O–H groups in total. The molecule has 1 aliphatic rings. The predicted octanol–water partition coefficient (Wildman–Crippen LogP) is 1.78. The van der Waals surface area contributed by atoms with E-state index in [0.717, 1.165) is 25.9 Å². The number of hydrogen-bond acceptors (Lipinski definition) is 2. The molecule has 1 aliphatic heterocycles. The maximum absolute atomic E-state index is 10.5. The summed E-state index contributed by atoms with van der Waals surface area (Å²) < 4.78 is 0. The largest absolute Gasteiger partial charge is 0.389 e. The SMILES string of the molecule is CCCCC1(O)C(C)CNCC1C. The molecule has 13 heavy (non-hydrogen) atoms. The summed E-state index contributed by atoms with van der Waals surface area (Å²) >= 11 is 0.